The lowest BCUT2D eigenvalue weighted by molar-refractivity contribution is -0.270. The number of rotatable bonds is 2. The first-order chi connectivity index (χ1) is 6.42. The maximum atomic E-state index is 12.6. The lowest BCUT2D eigenvalue weighted by Gasteiger charge is -2.29. The van der Waals surface area contributed by atoms with Crippen LogP contribution >= 0.6 is 0 Å². The van der Waals surface area contributed by atoms with Crippen LogP contribution in [0.4, 0.5) is 13.2 Å². The maximum Gasteiger partial charge on any atom is 0.422 e. The number of alkyl halides is 3. The summed E-state index contributed by atoms with van der Waals surface area (Å²) in [7, 11) is 1.02. The van der Waals surface area contributed by atoms with Gasteiger partial charge in [-0.05, 0) is 19.1 Å². The second-order valence-electron chi connectivity index (χ2n) is 2.95. The van der Waals surface area contributed by atoms with Crippen molar-refractivity contribution in [1.29, 1.82) is 0 Å². The van der Waals surface area contributed by atoms with Gasteiger partial charge < -0.3 is 4.74 Å². The van der Waals surface area contributed by atoms with E-state index in [0.29, 0.717) is 0 Å². The van der Waals surface area contributed by atoms with Gasteiger partial charge in [-0.25, -0.2) is 0 Å². The molecule has 0 bridgehead atoms. The molecule has 0 aliphatic rings. The zero-order valence-electron chi connectivity index (χ0n) is 7.80. The van der Waals surface area contributed by atoms with Gasteiger partial charge in [-0.2, -0.15) is 13.2 Å². The first kappa shape index (κ1) is 11.0. The van der Waals surface area contributed by atoms with E-state index in [2.05, 4.69) is 9.72 Å². The van der Waals surface area contributed by atoms with Crippen molar-refractivity contribution in [2.24, 2.45) is 0 Å². The van der Waals surface area contributed by atoms with Crippen molar-refractivity contribution in [3.8, 4) is 0 Å². The highest BCUT2D eigenvalue weighted by molar-refractivity contribution is 5.14. The molecule has 0 radical (unpaired) electrons. The van der Waals surface area contributed by atoms with Crippen LogP contribution in [-0.4, -0.2) is 18.3 Å². The number of ether oxygens (including phenoxy) is 1. The Kier molecular flexibility index (Phi) is 2.80. The normalized spacial score (nSPS) is 16.4. The fourth-order valence-corrected chi connectivity index (χ4v) is 1.01. The van der Waals surface area contributed by atoms with Gasteiger partial charge in [0.15, 0.2) is 0 Å². The molecule has 1 unspecified atom stereocenters. The van der Waals surface area contributed by atoms with Gasteiger partial charge >= 0.3 is 6.18 Å². The largest absolute Gasteiger partial charge is 0.422 e. The van der Waals surface area contributed by atoms with Crippen LogP contribution in [0.5, 0.6) is 0 Å². The molecular formula is C9H10F3NO. The molecule has 0 aliphatic carbocycles. The molecule has 1 aromatic rings. The molecule has 0 saturated heterocycles. The standard InChI is InChI=1S/C9H10F3NO/c1-8(14-2,9(10,11)12)7-5-3-4-6-13-7/h3-6H,1-2H3. The SMILES string of the molecule is COC(C)(c1ccccn1)C(F)(F)F. The molecule has 0 aromatic carbocycles. The van der Waals surface area contributed by atoms with Gasteiger partial charge in [-0.15, -0.1) is 0 Å². The third-order valence-electron chi connectivity index (χ3n) is 2.10. The fraction of sp³-hybridized carbons (Fsp3) is 0.444. The van der Waals surface area contributed by atoms with Crippen molar-refractivity contribution in [2.75, 3.05) is 7.11 Å². The number of aromatic nitrogens is 1. The van der Waals surface area contributed by atoms with Gasteiger partial charge in [-0.3, -0.25) is 4.98 Å². The van der Waals surface area contributed by atoms with E-state index in [1.54, 1.807) is 6.07 Å². The van der Waals surface area contributed by atoms with Crippen molar-refractivity contribution in [1.82, 2.24) is 4.98 Å². The Labute approximate surface area is 79.7 Å². The third kappa shape index (κ3) is 1.72. The van der Waals surface area contributed by atoms with Gasteiger partial charge in [0.05, 0.1) is 5.69 Å². The Balaban J connectivity index is 3.15. The summed E-state index contributed by atoms with van der Waals surface area (Å²) in [5, 5.41) is 0. The smallest absolute Gasteiger partial charge is 0.363 e. The highest BCUT2D eigenvalue weighted by Gasteiger charge is 2.54. The van der Waals surface area contributed by atoms with E-state index in [1.807, 2.05) is 0 Å². The van der Waals surface area contributed by atoms with Gasteiger partial charge in [0.1, 0.15) is 0 Å². The summed E-state index contributed by atoms with van der Waals surface area (Å²) in [6, 6.07) is 4.33. The minimum atomic E-state index is -4.48. The van der Waals surface area contributed by atoms with Gasteiger partial charge in [0.25, 0.3) is 0 Å². The third-order valence-corrected chi connectivity index (χ3v) is 2.10. The molecule has 1 aromatic heterocycles. The van der Waals surface area contributed by atoms with E-state index >= 15 is 0 Å². The molecule has 0 fully saturated rings. The van der Waals surface area contributed by atoms with Crippen LogP contribution in [0.25, 0.3) is 0 Å². The Bertz CT molecular complexity index is 299. The first-order valence-electron chi connectivity index (χ1n) is 3.95. The van der Waals surface area contributed by atoms with Crippen LogP contribution in [0, 0.1) is 0 Å². The molecule has 5 heteroatoms. The minimum Gasteiger partial charge on any atom is -0.363 e. The Morgan fingerprint density at radius 3 is 2.29 bits per heavy atom. The lowest BCUT2D eigenvalue weighted by atomic mass is 10.0. The van der Waals surface area contributed by atoms with Gasteiger partial charge in [0, 0.05) is 13.3 Å². The predicted molar refractivity (Wildman–Crippen MR) is 44.7 cm³/mol. The molecule has 14 heavy (non-hydrogen) atoms. The van der Waals surface area contributed by atoms with Crippen LogP contribution in [0.15, 0.2) is 24.4 Å². The van der Waals surface area contributed by atoms with E-state index in [4.69, 9.17) is 0 Å². The van der Waals surface area contributed by atoms with Crippen molar-refractivity contribution < 1.29 is 17.9 Å². The van der Waals surface area contributed by atoms with Crippen LogP contribution in [0.2, 0.25) is 0 Å². The quantitative estimate of drug-likeness (QED) is 0.740. The number of hydrogen-bond acceptors (Lipinski definition) is 2. The van der Waals surface area contributed by atoms with Crippen LogP contribution in [0.1, 0.15) is 12.6 Å². The highest BCUT2D eigenvalue weighted by Crippen LogP contribution is 2.40. The van der Waals surface area contributed by atoms with E-state index < -0.39 is 11.8 Å². The van der Waals surface area contributed by atoms with Gasteiger partial charge in [0.2, 0.25) is 5.60 Å². The Hall–Kier alpha value is -1.10. The van der Waals surface area contributed by atoms with E-state index in [9.17, 15) is 13.2 Å². The summed E-state index contributed by atoms with van der Waals surface area (Å²) in [6.45, 7) is 0.954. The summed E-state index contributed by atoms with van der Waals surface area (Å²) < 4.78 is 42.4. The second-order valence-corrected chi connectivity index (χ2v) is 2.95. The molecule has 0 saturated carbocycles. The minimum absolute atomic E-state index is 0.144. The lowest BCUT2D eigenvalue weighted by Crippen LogP contribution is -2.41. The molecule has 1 heterocycles. The number of nitrogens with zero attached hydrogens (tertiary/aromatic N) is 1. The second kappa shape index (κ2) is 3.57. The number of methoxy groups -OCH3 is 1. The summed E-state index contributed by atoms with van der Waals surface area (Å²) in [5.74, 6) is 0. The Morgan fingerprint density at radius 1 is 1.29 bits per heavy atom. The number of pyridine rings is 1. The van der Waals surface area contributed by atoms with Crippen molar-refractivity contribution in [3.63, 3.8) is 0 Å². The van der Waals surface area contributed by atoms with Crippen molar-refractivity contribution in [2.45, 2.75) is 18.7 Å². The van der Waals surface area contributed by atoms with Gasteiger partial charge in [-0.1, -0.05) is 6.07 Å². The zero-order valence-corrected chi connectivity index (χ0v) is 7.80. The van der Waals surface area contributed by atoms with Crippen molar-refractivity contribution >= 4 is 0 Å². The topological polar surface area (TPSA) is 22.1 Å². The molecule has 0 amide bonds. The average Bonchev–Trinajstić information content (AvgIpc) is 2.16. The van der Waals surface area contributed by atoms with E-state index in [-0.39, 0.29) is 5.69 Å². The van der Waals surface area contributed by atoms with Crippen LogP contribution in [0.3, 0.4) is 0 Å². The molecule has 0 N–H and O–H groups in total. The molecule has 78 valence electrons. The molecule has 1 rings (SSSR count). The van der Waals surface area contributed by atoms with Crippen LogP contribution < -0.4 is 0 Å². The highest BCUT2D eigenvalue weighted by atomic mass is 19.4. The monoisotopic (exact) mass is 205 g/mol. The number of halogens is 3. The zero-order chi connectivity index (χ0) is 10.8. The summed E-state index contributed by atoms with van der Waals surface area (Å²) in [4.78, 5) is 3.64. The molecule has 0 aliphatic heterocycles. The van der Waals surface area contributed by atoms with Crippen LogP contribution in [-0.2, 0) is 10.3 Å². The molecule has 1 atom stereocenters. The molecule has 2 nitrogen and oxygen atoms in total. The van der Waals surface area contributed by atoms with E-state index in [1.165, 1.54) is 18.3 Å². The molecular weight excluding hydrogens is 195 g/mol. The fourth-order valence-electron chi connectivity index (χ4n) is 1.01. The van der Waals surface area contributed by atoms with Crippen molar-refractivity contribution in [3.05, 3.63) is 30.1 Å². The summed E-state index contributed by atoms with van der Waals surface area (Å²) in [6.07, 6.45) is -3.17. The summed E-state index contributed by atoms with van der Waals surface area (Å²) >= 11 is 0. The predicted octanol–water partition coefficient (Wildman–Crippen LogP) is 2.51. The Morgan fingerprint density at radius 2 is 1.93 bits per heavy atom. The summed E-state index contributed by atoms with van der Waals surface area (Å²) in [5.41, 5.74) is -2.48. The van der Waals surface area contributed by atoms with E-state index in [0.717, 1.165) is 14.0 Å². The first-order valence-corrected chi connectivity index (χ1v) is 3.95. The number of hydrogen-bond donors (Lipinski definition) is 0. The molecule has 0 spiro atoms. The maximum absolute atomic E-state index is 12.6. The average molecular weight is 205 g/mol.